The minimum Gasteiger partial charge on any atom is -0.381 e. The molecule has 1 aromatic carbocycles. The number of nitrogens with zero attached hydrogens (tertiary/aromatic N) is 5. The molecule has 1 saturated carbocycles. The molecule has 8 heteroatoms. The van der Waals surface area contributed by atoms with Gasteiger partial charge in [0.2, 0.25) is 5.95 Å². The first kappa shape index (κ1) is 21.5. The van der Waals surface area contributed by atoms with Crippen LogP contribution in [0.4, 0.5) is 5.95 Å². The topological polar surface area (TPSA) is 77.2 Å². The van der Waals surface area contributed by atoms with E-state index in [0.717, 1.165) is 66.6 Å². The highest BCUT2D eigenvalue weighted by Gasteiger charge is 2.41. The third kappa shape index (κ3) is 3.93. The molecule has 0 unspecified atom stereocenters. The predicted molar refractivity (Wildman–Crippen MR) is 132 cm³/mol. The van der Waals surface area contributed by atoms with Crippen molar-refractivity contribution in [3.63, 3.8) is 0 Å². The van der Waals surface area contributed by atoms with Gasteiger partial charge in [-0.3, -0.25) is 4.40 Å². The fourth-order valence-corrected chi connectivity index (χ4v) is 5.50. The van der Waals surface area contributed by atoms with Crippen LogP contribution in [-0.2, 0) is 10.2 Å². The maximum absolute atomic E-state index is 6.17. The number of halogens is 1. The zero-order valence-corrected chi connectivity index (χ0v) is 19.7. The van der Waals surface area contributed by atoms with E-state index < -0.39 is 0 Å². The number of hydrogen-bond donors (Lipinski definition) is 1. The molecule has 4 heterocycles. The molecule has 2 aliphatic rings. The van der Waals surface area contributed by atoms with Crippen LogP contribution in [0, 0.1) is 0 Å². The van der Waals surface area contributed by atoms with Crippen LogP contribution >= 0.6 is 11.6 Å². The van der Waals surface area contributed by atoms with Gasteiger partial charge in [-0.2, -0.15) is 0 Å². The van der Waals surface area contributed by atoms with E-state index >= 15 is 0 Å². The molecule has 174 valence electrons. The molecule has 4 aromatic rings. The quantitative estimate of drug-likeness (QED) is 0.423. The van der Waals surface area contributed by atoms with E-state index in [1.165, 1.54) is 18.4 Å². The van der Waals surface area contributed by atoms with Crippen molar-refractivity contribution in [2.45, 2.75) is 50.0 Å². The Morgan fingerprint density at radius 3 is 2.59 bits per heavy atom. The molecule has 0 spiro atoms. The van der Waals surface area contributed by atoms with E-state index in [1.807, 2.05) is 18.2 Å². The van der Waals surface area contributed by atoms with Gasteiger partial charge in [-0.25, -0.2) is 9.97 Å². The molecule has 7 nitrogen and oxygen atoms in total. The highest BCUT2D eigenvalue weighted by molar-refractivity contribution is 6.30. The average Bonchev–Trinajstić information content (AvgIpc) is 3.53. The monoisotopic (exact) mass is 474 g/mol. The normalized spacial score (nSPS) is 18.4. The van der Waals surface area contributed by atoms with Gasteiger partial charge in [0.1, 0.15) is 5.82 Å². The second-order valence-electron chi connectivity index (χ2n) is 9.26. The number of pyridine rings is 1. The number of rotatable bonds is 5. The number of aromatic nitrogens is 5. The maximum atomic E-state index is 6.17. The van der Waals surface area contributed by atoms with E-state index in [0.29, 0.717) is 12.0 Å². The third-order valence-corrected chi connectivity index (χ3v) is 7.45. The number of anilines is 1. The van der Waals surface area contributed by atoms with Crippen molar-refractivity contribution in [3.05, 3.63) is 71.3 Å². The molecule has 1 saturated heterocycles. The van der Waals surface area contributed by atoms with E-state index in [1.54, 1.807) is 6.20 Å². The summed E-state index contributed by atoms with van der Waals surface area (Å²) < 4.78 is 7.58. The molecule has 3 aromatic heterocycles. The van der Waals surface area contributed by atoms with E-state index in [9.17, 15) is 0 Å². The molecular formula is C26H27ClN6O. The zero-order valence-electron chi connectivity index (χ0n) is 19.0. The van der Waals surface area contributed by atoms with Crippen molar-refractivity contribution < 1.29 is 4.74 Å². The number of ether oxygens (including phenoxy) is 1. The lowest BCUT2D eigenvalue weighted by molar-refractivity contribution is 0.0903. The summed E-state index contributed by atoms with van der Waals surface area (Å²) in [7, 11) is 0. The molecule has 0 atom stereocenters. The van der Waals surface area contributed by atoms with Gasteiger partial charge < -0.3 is 10.1 Å². The van der Waals surface area contributed by atoms with Gasteiger partial charge in [0.15, 0.2) is 5.65 Å². The maximum Gasteiger partial charge on any atom is 0.223 e. The Hall–Kier alpha value is -3.03. The molecular weight excluding hydrogens is 448 g/mol. The first-order chi connectivity index (χ1) is 16.7. The highest BCUT2D eigenvalue weighted by Crippen LogP contribution is 2.46. The fraction of sp³-hybridized carbons (Fsp3) is 0.385. The summed E-state index contributed by atoms with van der Waals surface area (Å²) in [6.07, 6.45) is 10.3. The largest absolute Gasteiger partial charge is 0.381 e. The van der Waals surface area contributed by atoms with E-state index in [2.05, 4.69) is 50.3 Å². The summed E-state index contributed by atoms with van der Waals surface area (Å²) in [5.74, 6) is 1.65. The van der Waals surface area contributed by atoms with Crippen LogP contribution in [0.15, 0.2) is 54.9 Å². The van der Waals surface area contributed by atoms with E-state index in [-0.39, 0.29) is 5.41 Å². The number of fused-ring (bicyclic) bond motifs is 1. The molecule has 0 bridgehead atoms. The van der Waals surface area contributed by atoms with Crippen LogP contribution in [0.2, 0.25) is 5.02 Å². The second-order valence-corrected chi connectivity index (χ2v) is 9.70. The molecule has 6 rings (SSSR count). The summed E-state index contributed by atoms with van der Waals surface area (Å²) in [4.78, 5) is 9.19. The summed E-state index contributed by atoms with van der Waals surface area (Å²) in [5, 5.41) is 13.5. The van der Waals surface area contributed by atoms with Crippen LogP contribution in [0.25, 0.3) is 16.9 Å². The average molecular weight is 475 g/mol. The summed E-state index contributed by atoms with van der Waals surface area (Å²) >= 11 is 6.17. The fourth-order valence-electron chi connectivity index (χ4n) is 5.38. The van der Waals surface area contributed by atoms with Crippen LogP contribution in [-0.4, -0.2) is 43.8 Å². The predicted octanol–water partition coefficient (Wildman–Crippen LogP) is 5.29. The summed E-state index contributed by atoms with van der Waals surface area (Å²) in [6, 6.07) is 14.6. The van der Waals surface area contributed by atoms with Gasteiger partial charge in [0, 0.05) is 42.2 Å². The molecule has 2 fully saturated rings. The molecule has 1 N–H and O–H groups in total. The zero-order chi connectivity index (χ0) is 23.0. The Kier molecular flexibility index (Phi) is 5.67. The Morgan fingerprint density at radius 1 is 1.00 bits per heavy atom. The lowest BCUT2D eigenvalue weighted by Crippen LogP contribution is -2.28. The van der Waals surface area contributed by atoms with Crippen LogP contribution in [0.3, 0.4) is 0 Å². The standard InChI is InChI=1S/C26H27ClN6O/c27-20-5-3-19(4-6-20)26(11-1-2-12-26)24-32-31-23-17-18(8-14-33(23)24)22-7-13-28-25(30-22)29-21-9-15-34-16-10-21/h3-8,13-14,17,21H,1-2,9-12,15-16H2,(H,28,29,30). The van der Waals surface area contributed by atoms with Crippen LogP contribution in [0.1, 0.15) is 49.9 Å². The van der Waals surface area contributed by atoms with Gasteiger partial charge in [-0.05, 0) is 61.6 Å². The van der Waals surface area contributed by atoms with Gasteiger partial charge in [-0.15, -0.1) is 10.2 Å². The van der Waals surface area contributed by atoms with Gasteiger partial charge in [0.25, 0.3) is 0 Å². The van der Waals surface area contributed by atoms with Crippen molar-refractivity contribution in [2.75, 3.05) is 18.5 Å². The minimum atomic E-state index is -0.138. The van der Waals surface area contributed by atoms with Crippen LogP contribution in [0.5, 0.6) is 0 Å². The molecule has 0 radical (unpaired) electrons. The van der Waals surface area contributed by atoms with Gasteiger partial charge >= 0.3 is 0 Å². The van der Waals surface area contributed by atoms with Crippen molar-refractivity contribution in [1.29, 1.82) is 0 Å². The summed E-state index contributed by atoms with van der Waals surface area (Å²) in [5.41, 5.74) is 3.81. The Balaban J connectivity index is 1.33. The number of nitrogens with one attached hydrogen (secondary N) is 1. The van der Waals surface area contributed by atoms with Crippen molar-refractivity contribution in [2.24, 2.45) is 0 Å². The number of hydrogen-bond acceptors (Lipinski definition) is 6. The van der Waals surface area contributed by atoms with Crippen molar-refractivity contribution in [3.8, 4) is 11.3 Å². The molecule has 1 aliphatic heterocycles. The molecule has 34 heavy (non-hydrogen) atoms. The first-order valence-corrected chi connectivity index (χ1v) is 12.4. The van der Waals surface area contributed by atoms with Gasteiger partial charge in [-0.1, -0.05) is 36.6 Å². The first-order valence-electron chi connectivity index (χ1n) is 12.0. The van der Waals surface area contributed by atoms with Crippen molar-refractivity contribution >= 4 is 23.2 Å². The van der Waals surface area contributed by atoms with Gasteiger partial charge in [0.05, 0.1) is 11.1 Å². The number of benzene rings is 1. The SMILES string of the molecule is Clc1ccc(C2(c3nnc4cc(-c5ccnc(NC6CCOCC6)n5)ccn34)CCCC2)cc1. The highest BCUT2D eigenvalue weighted by atomic mass is 35.5. The molecule has 0 amide bonds. The Morgan fingerprint density at radius 2 is 1.79 bits per heavy atom. The smallest absolute Gasteiger partial charge is 0.223 e. The molecule has 1 aliphatic carbocycles. The van der Waals surface area contributed by atoms with Crippen LogP contribution < -0.4 is 5.32 Å². The second kappa shape index (κ2) is 8.96. The Bertz CT molecular complexity index is 1290. The minimum absolute atomic E-state index is 0.138. The Labute approximate surface area is 203 Å². The van der Waals surface area contributed by atoms with E-state index in [4.69, 9.17) is 26.4 Å². The lowest BCUT2D eigenvalue weighted by Gasteiger charge is -2.28. The third-order valence-electron chi connectivity index (χ3n) is 7.20. The lowest BCUT2D eigenvalue weighted by atomic mass is 9.78. The summed E-state index contributed by atoms with van der Waals surface area (Å²) in [6.45, 7) is 1.56. The van der Waals surface area contributed by atoms with Crippen molar-refractivity contribution in [1.82, 2.24) is 24.6 Å².